The predicted octanol–water partition coefficient (Wildman–Crippen LogP) is 2.20. The fourth-order valence-corrected chi connectivity index (χ4v) is 4.24. The molecule has 7 heteroatoms. The largest absolute Gasteiger partial charge is 0.309 e. The fraction of sp³-hybridized carbons (Fsp3) is 0.308. The molecule has 20 heavy (non-hydrogen) atoms. The molecular weight excluding hydrogens is 294 g/mol. The fourth-order valence-electron chi connectivity index (χ4n) is 1.84. The average molecular weight is 309 g/mol. The number of hydrogen-bond donors (Lipinski definition) is 2. The van der Waals surface area contributed by atoms with Crippen molar-refractivity contribution < 1.29 is 8.42 Å². The average Bonchev–Trinajstić information content (AvgIpc) is 3.13. The minimum Gasteiger partial charge on any atom is -0.309 e. The van der Waals surface area contributed by atoms with Crippen molar-refractivity contribution in [3.8, 4) is 0 Å². The summed E-state index contributed by atoms with van der Waals surface area (Å²) in [6.07, 6.45) is 3.92. The molecule has 1 aliphatic rings. The lowest BCUT2D eigenvalue weighted by Gasteiger charge is -2.08. The van der Waals surface area contributed by atoms with Crippen molar-refractivity contribution in [3.63, 3.8) is 0 Å². The quantitative estimate of drug-likeness (QED) is 0.858. The van der Waals surface area contributed by atoms with Gasteiger partial charge in [0.2, 0.25) is 0 Å². The summed E-state index contributed by atoms with van der Waals surface area (Å²) < 4.78 is 27.2. The molecule has 0 atom stereocenters. The smallest absolute Gasteiger partial charge is 0.264 e. The third-order valence-electron chi connectivity index (χ3n) is 3.03. The molecule has 1 fully saturated rings. The molecule has 1 saturated carbocycles. The van der Waals surface area contributed by atoms with Gasteiger partial charge >= 0.3 is 0 Å². The summed E-state index contributed by atoms with van der Waals surface area (Å²) in [5, 5.41) is 5.14. The lowest BCUT2D eigenvalue weighted by Crippen LogP contribution is -2.19. The van der Waals surface area contributed by atoms with Crippen molar-refractivity contribution in [3.05, 3.63) is 40.7 Å². The standard InChI is InChI=1S/C13H15N3O2S2/c17-20(18,16-13-3-1-2-7-14-13)12-6-8-19-11(12)9-15-10-4-5-10/h1-3,6-8,10,15H,4-5,9H2,(H,14,16). The van der Waals surface area contributed by atoms with Crippen LogP contribution < -0.4 is 10.0 Å². The number of hydrogen-bond acceptors (Lipinski definition) is 5. The number of thiophene rings is 1. The SMILES string of the molecule is O=S(=O)(Nc1ccccn1)c1ccsc1CNC1CC1. The van der Waals surface area contributed by atoms with Gasteiger partial charge in [-0.2, -0.15) is 0 Å². The topological polar surface area (TPSA) is 71.1 Å². The van der Waals surface area contributed by atoms with Gasteiger partial charge in [-0.3, -0.25) is 4.72 Å². The molecule has 0 aromatic carbocycles. The summed E-state index contributed by atoms with van der Waals surface area (Å²) in [4.78, 5) is 5.15. The summed E-state index contributed by atoms with van der Waals surface area (Å²) in [7, 11) is -3.57. The maximum absolute atomic E-state index is 12.4. The zero-order valence-corrected chi connectivity index (χ0v) is 12.4. The molecule has 2 aromatic rings. The van der Waals surface area contributed by atoms with E-state index in [1.54, 1.807) is 35.8 Å². The summed E-state index contributed by atoms with van der Waals surface area (Å²) in [5.41, 5.74) is 0. The van der Waals surface area contributed by atoms with Crippen molar-refractivity contribution in [2.24, 2.45) is 0 Å². The summed E-state index contributed by atoms with van der Waals surface area (Å²) in [6, 6.07) is 7.31. The molecule has 0 radical (unpaired) electrons. The minimum atomic E-state index is -3.57. The Morgan fingerprint density at radius 3 is 2.85 bits per heavy atom. The normalized spacial score (nSPS) is 15.2. The molecule has 0 spiro atoms. The van der Waals surface area contributed by atoms with Gasteiger partial charge in [0.05, 0.1) is 0 Å². The number of anilines is 1. The van der Waals surface area contributed by atoms with Crippen LogP contribution in [0.25, 0.3) is 0 Å². The number of aromatic nitrogens is 1. The Labute approximate surface area is 122 Å². The number of nitrogens with zero attached hydrogens (tertiary/aromatic N) is 1. The molecule has 3 rings (SSSR count). The van der Waals surface area contributed by atoms with E-state index < -0.39 is 10.0 Å². The van der Waals surface area contributed by atoms with E-state index in [1.165, 1.54) is 24.2 Å². The van der Waals surface area contributed by atoms with E-state index in [0.717, 1.165) is 4.88 Å². The number of pyridine rings is 1. The van der Waals surface area contributed by atoms with Gasteiger partial charge in [-0.25, -0.2) is 13.4 Å². The van der Waals surface area contributed by atoms with Crippen LogP contribution in [0.4, 0.5) is 5.82 Å². The second-order valence-electron chi connectivity index (χ2n) is 4.68. The summed E-state index contributed by atoms with van der Waals surface area (Å²) in [5.74, 6) is 0.333. The zero-order chi connectivity index (χ0) is 14.0. The third kappa shape index (κ3) is 3.17. The summed E-state index contributed by atoms with van der Waals surface area (Å²) >= 11 is 1.45. The van der Waals surface area contributed by atoms with Gasteiger partial charge in [0.15, 0.2) is 0 Å². The molecule has 106 valence electrons. The number of sulfonamides is 1. The van der Waals surface area contributed by atoms with Crippen molar-refractivity contribution >= 4 is 27.2 Å². The van der Waals surface area contributed by atoms with Gasteiger partial charge in [0.1, 0.15) is 10.7 Å². The van der Waals surface area contributed by atoms with E-state index in [4.69, 9.17) is 0 Å². The molecule has 0 unspecified atom stereocenters. The van der Waals surface area contributed by atoms with Gasteiger partial charge in [-0.1, -0.05) is 6.07 Å². The molecule has 5 nitrogen and oxygen atoms in total. The van der Waals surface area contributed by atoms with Crippen LogP contribution in [0.1, 0.15) is 17.7 Å². The Bertz CT molecular complexity index is 679. The molecule has 1 aliphatic carbocycles. The highest BCUT2D eigenvalue weighted by Crippen LogP contribution is 2.26. The van der Waals surface area contributed by atoms with E-state index in [-0.39, 0.29) is 0 Å². The van der Waals surface area contributed by atoms with Gasteiger partial charge < -0.3 is 5.32 Å². The van der Waals surface area contributed by atoms with Crippen LogP contribution in [-0.2, 0) is 16.6 Å². The molecule has 0 bridgehead atoms. The van der Waals surface area contributed by atoms with Crippen LogP contribution in [0.15, 0.2) is 40.7 Å². The third-order valence-corrected chi connectivity index (χ3v) is 5.52. The Morgan fingerprint density at radius 1 is 1.30 bits per heavy atom. The van der Waals surface area contributed by atoms with Gasteiger partial charge in [0.25, 0.3) is 10.0 Å². The van der Waals surface area contributed by atoms with Crippen LogP contribution in [0, 0.1) is 0 Å². The predicted molar refractivity (Wildman–Crippen MR) is 79.2 cm³/mol. The Kier molecular flexibility index (Phi) is 3.73. The van der Waals surface area contributed by atoms with E-state index >= 15 is 0 Å². The van der Waals surface area contributed by atoms with Crippen molar-refractivity contribution in [2.45, 2.75) is 30.3 Å². The van der Waals surface area contributed by atoms with E-state index in [1.807, 2.05) is 0 Å². The molecule has 2 N–H and O–H groups in total. The van der Waals surface area contributed by atoms with Crippen molar-refractivity contribution in [2.75, 3.05) is 4.72 Å². The molecule has 0 amide bonds. The first-order valence-electron chi connectivity index (χ1n) is 6.39. The lowest BCUT2D eigenvalue weighted by atomic mass is 10.4. The molecule has 0 aliphatic heterocycles. The van der Waals surface area contributed by atoms with Crippen LogP contribution in [0.2, 0.25) is 0 Å². The highest BCUT2D eigenvalue weighted by atomic mass is 32.2. The Hall–Kier alpha value is -1.44. The first kappa shape index (κ1) is 13.5. The Morgan fingerprint density at radius 2 is 2.15 bits per heavy atom. The molecule has 2 heterocycles. The minimum absolute atomic E-state index is 0.333. The molecular formula is C13H15N3O2S2. The van der Waals surface area contributed by atoms with Crippen LogP contribution in [0.5, 0.6) is 0 Å². The van der Waals surface area contributed by atoms with Crippen molar-refractivity contribution in [1.82, 2.24) is 10.3 Å². The van der Waals surface area contributed by atoms with Gasteiger partial charge in [-0.05, 0) is 36.4 Å². The monoisotopic (exact) mass is 309 g/mol. The highest BCUT2D eigenvalue weighted by molar-refractivity contribution is 7.92. The van der Waals surface area contributed by atoms with Gasteiger partial charge in [-0.15, -0.1) is 11.3 Å². The van der Waals surface area contributed by atoms with Crippen LogP contribution >= 0.6 is 11.3 Å². The maximum Gasteiger partial charge on any atom is 0.264 e. The van der Waals surface area contributed by atoms with E-state index in [0.29, 0.717) is 23.3 Å². The first-order valence-corrected chi connectivity index (χ1v) is 8.75. The maximum atomic E-state index is 12.4. The molecule has 0 saturated heterocycles. The van der Waals surface area contributed by atoms with Gasteiger partial charge in [0, 0.05) is 23.7 Å². The van der Waals surface area contributed by atoms with Crippen LogP contribution in [-0.4, -0.2) is 19.4 Å². The number of nitrogens with one attached hydrogen (secondary N) is 2. The van der Waals surface area contributed by atoms with Crippen LogP contribution in [0.3, 0.4) is 0 Å². The van der Waals surface area contributed by atoms with Crippen molar-refractivity contribution in [1.29, 1.82) is 0 Å². The summed E-state index contributed by atoms with van der Waals surface area (Å²) in [6.45, 7) is 0.598. The highest BCUT2D eigenvalue weighted by Gasteiger charge is 2.24. The second-order valence-corrected chi connectivity index (χ2v) is 7.34. The zero-order valence-electron chi connectivity index (χ0n) is 10.7. The first-order chi connectivity index (χ1) is 9.65. The number of rotatable bonds is 6. The molecule has 2 aromatic heterocycles. The van der Waals surface area contributed by atoms with E-state index in [2.05, 4.69) is 15.0 Å². The Balaban J connectivity index is 1.78. The van der Waals surface area contributed by atoms with E-state index in [9.17, 15) is 8.42 Å². The lowest BCUT2D eigenvalue weighted by molar-refractivity contribution is 0.598. The second kappa shape index (κ2) is 5.51.